The summed E-state index contributed by atoms with van der Waals surface area (Å²) < 4.78 is 0. The van der Waals surface area contributed by atoms with E-state index in [-0.39, 0.29) is 18.0 Å². The monoisotopic (exact) mass is 384 g/mol. The van der Waals surface area contributed by atoms with Crippen molar-refractivity contribution in [2.24, 2.45) is 0 Å². The first-order valence-corrected chi connectivity index (χ1v) is 10.4. The third-order valence-electron chi connectivity index (χ3n) is 5.35. The van der Waals surface area contributed by atoms with E-state index in [0.717, 1.165) is 60.7 Å². The van der Waals surface area contributed by atoms with Crippen LogP contribution in [0.3, 0.4) is 0 Å². The lowest BCUT2D eigenvalue weighted by molar-refractivity contribution is -0.117. The van der Waals surface area contributed by atoms with Crippen LogP contribution in [0.4, 0.5) is 16.2 Å². The average Bonchev–Trinajstić information content (AvgIpc) is 3.35. The van der Waals surface area contributed by atoms with Crippen molar-refractivity contribution in [1.29, 1.82) is 0 Å². The molecule has 2 saturated heterocycles. The van der Waals surface area contributed by atoms with E-state index in [4.69, 9.17) is 0 Å². The summed E-state index contributed by atoms with van der Waals surface area (Å²) in [6.07, 6.45) is 6.35. The van der Waals surface area contributed by atoms with Crippen LogP contribution in [0.5, 0.6) is 0 Å². The van der Waals surface area contributed by atoms with Crippen LogP contribution in [-0.4, -0.2) is 34.9 Å². The quantitative estimate of drug-likeness (QED) is 0.856. The minimum atomic E-state index is -0.0945. The molecule has 0 aliphatic carbocycles. The van der Waals surface area contributed by atoms with Gasteiger partial charge in [-0.15, -0.1) is 11.3 Å². The second-order valence-electron chi connectivity index (χ2n) is 7.15. The van der Waals surface area contributed by atoms with Crippen LogP contribution in [0.1, 0.15) is 48.7 Å². The van der Waals surface area contributed by atoms with E-state index in [2.05, 4.69) is 10.3 Å². The smallest absolute Gasteiger partial charge is 0.315 e. The Morgan fingerprint density at radius 3 is 2.89 bits per heavy atom. The van der Waals surface area contributed by atoms with Crippen molar-refractivity contribution >= 4 is 34.6 Å². The molecule has 2 aliphatic rings. The first kappa shape index (κ1) is 18.0. The Hall–Kier alpha value is -2.41. The van der Waals surface area contributed by atoms with Crippen molar-refractivity contribution in [2.45, 2.75) is 45.1 Å². The van der Waals surface area contributed by atoms with Crippen LogP contribution in [0.25, 0.3) is 0 Å². The normalized spacial score (nSPS) is 20.2. The van der Waals surface area contributed by atoms with Crippen molar-refractivity contribution in [3.05, 3.63) is 40.3 Å². The summed E-state index contributed by atoms with van der Waals surface area (Å²) in [6.45, 7) is 3.45. The van der Waals surface area contributed by atoms with Gasteiger partial charge >= 0.3 is 6.03 Å². The van der Waals surface area contributed by atoms with Gasteiger partial charge < -0.3 is 15.1 Å². The number of thiazole rings is 1. The SMILES string of the molecule is Cc1ccc(N2CCCC2=O)cc1NC(=O)N1CCCC[C@@H]1c1nccs1. The molecule has 0 radical (unpaired) electrons. The summed E-state index contributed by atoms with van der Waals surface area (Å²) in [4.78, 5) is 33.2. The van der Waals surface area contributed by atoms with Gasteiger partial charge in [0.2, 0.25) is 5.91 Å². The van der Waals surface area contributed by atoms with Crippen molar-refractivity contribution < 1.29 is 9.59 Å². The van der Waals surface area contributed by atoms with E-state index in [1.54, 1.807) is 22.4 Å². The average molecular weight is 385 g/mol. The molecule has 1 atom stereocenters. The Morgan fingerprint density at radius 2 is 2.15 bits per heavy atom. The lowest BCUT2D eigenvalue weighted by Crippen LogP contribution is -2.41. The zero-order valence-corrected chi connectivity index (χ0v) is 16.3. The Balaban J connectivity index is 1.54. The molecule has 142 valence electrons. The van der Waals surface area contributed by atoms with Crippen LogP contribution < -0.4 is 10.2 Å². The first-order valence-electron chi connectivity index (χ1n) is 9.51. The van der Waals surface area contributed by atoms with Crippen molar-refractivity contribution in [1.82, 2.24) is 9.88 Å². The van der Waals surface area contributed by atoms with Gasteiger partial charge in [0.05, 0.1) is 6.04 Å². The molecule has 0 bridgehead atoms. The zero-order chi connectivity index (χ0) is 18.8. The number of hydrogen-bond acceptors (Lipinski definition) is 4. The molecule has 2 aromatic rings. The van der Waals surface area contributed by atoms with Gasteiger partial charge in [-0.05, 0) is 50.3 Å². The van der Waals surface area contributed by atoms with Gasteiger partial charge in [-0.3, -0.25) is 4.79 Å². The van der Waals surface area contributed by atoms with Gasteiger partial charge in [0.1, 0.15) is 5.01 Å². The molecule has 2 aliphatic heterocycles. The van der Waals surface area contributed by atoms with E-state index < -0.39 is 0 Å². The van der Waals surface area contributed by atoms with E-state index in [0.29, 0.717) is 6.42 Å². The molecule has 3 amide bonds. The highest BCUT2D eigenvalue weighted by Crippen LogP contribution is 2.33. The number of aromatic nitrogens is 1. The van der Waals surface area contributed by atoms with Crippen LogP contribution in [0, 0.1) is 6.92 Å². The molecule has 0 saturated carbocycles. The Morgan fingerprint density at radius 1 is 1.26 bits per heavy atom. The predicted molar refractivity (Wildman–Crippen MR) is 107 cm³/mol. The van der Waals surface area contributed by atoms with E-state index in [1.807, 2.05) is 35.4 Å². The molecule has 0 unspecified atom stereocenters. The van der Waals surface area contributed by atoms with Gasteiger partial charge in [-0.1, -0.05) is 6.07 Å². The van der Waals surface area contributed by atoms with Gasteiger partial charge in [0.15, 0.2) is 0 Å². The number of rotatable bonds is 3. The lowest BCUT2D eigenvalue weighted by Gasteiger charge is -2.34. The van der Waals surface area contributed by atoms with Crippen molar-refractivity contribution in [3.63, 3.8) is 0 Å². The third kappa shape index (κ3) is 3.69. The number of aryl methyl sites for hydroxylation is 1. The minimum Gasteiger partial charge on any atom is -0.315 e. The topological polar surface area (TPSA) is 65.5 Å². The highest BCUT2D eigenvalue weighted by Gasteiger charge is 2.30. The maximum atomic E-state index is 13.0. The molecule has 2 fully saturated rings. The molecule has 7 heteroatoms. The molecular formula is C20H24N4O2S. The predicted octanol–water partition coefficient (Wildman–Crippen LogP) is 4.34. The van der Waals surface area contributed by atoms with Gasteiger partial charge in [0.25, 0.3) is 0 Å². The van der Waals surface area contributed by atoms with E-state index >= 15 is 0 Å². The van der Waals surface area contributed by atoms with Gasteiger partial charge in [-0.25, -0.2) is 9.78 Å². The summed E-state index contributed by atoms with van der Waals surface area (Å²) in [5, 5.41) is 6.03. The molecule has 1 aromatic carbocycles. The first-order chi connectivity index (χ1) is 13.1. The number of hydrogen-bond donors (Lipinski definition) is 1. The maximum Gasteiger partial charge on any atom is 0.322 e. The number of nitrogens with one attached hydrogen (secondary N) is 1. The van der Waals surface area contributed by atoms with Crippen LogP contribution in [0.15, 0.2) is 29.8 Å². The van der Waals surface area contributed by atoms with E-state index in [1.165, 1.54) is 0 Å². The van der Waals surface area contributed by atoms with Crippen molar-refractivity contribution in [3.8, 4) is 0 Å². The third-order valence-corrected chi connectivity index (χ3v) is 6.22. The number of nitrogens with zero attached hydrogens (tertiary/aromatic N) is 3. The molecule has 3 heterocycles. The number of carbonyl (C=O) groups is 2. The minimum absolute atomic E-state index is 0.0439. The van der Waals surface area contributed by atoms with E-state index in [9.17, 15) is 9.59 Å². The number of urea groups is 1. The summed E-state index contributed by atoms with van der Waals surface area (Å²) in [7, 11) is 0. The summed E-state index contributed by atoms with van der Waals surface area (Å²) >= 11 is 1.60. The Labute approximate surface area is 163 Å². The number of likely N-dealkylation sites (tertiary alicyclic amines) is 1. The lowest BCUT2D eigenvalue weighted by atomic mass is 10.0. The summed E-state index contributed by atoms with van der Waals surface area (Å²) in [5.41, 5.74) is 2.61. The fourth-order valence-electron chi connectivity index (χ4n) is 3.85. The largest absolute Gasteiger partial charge is 0.322 e. The maximum absolute atomic E-state index is 13.0. The summed E-state index contributed by atoms with van der Waals surface area (Å²) in [6, 6.07) is 5.78. The fourth-order valence-corrected chi connectivity index (χ4v) is 4.64. The summed E-state index contributed by atoms with van der Waals surface area (Å²) in [5.74, 6) is 0.149. The highest BCUT2D eigenvalue weighted by atomic mass is 32.1. The van der Waals surface area contributed by atoms with Gasteiger partial charge in [-0.2, -0.15) is 0 Å². The number of amides is 3. The molecule has 27 heavy (non-hydrogen) atoms. The van der Waals surface area contributed by atoms with Crippen LogP contribution in [0.2, 0.25) is 0 Å². The highest BCUT2D eigenvalue weighted by molar-refractivity contribution is 7.09. The Kier molecular flexibility index (Phi) is 5.11. The molecule has 1 N–H and O–H groups in total. The van der Waals surface area contributed by atoms with Crippen molar-refractivity contribution in [2.75, 3.05) is 23.3 Å². The standard InChI is InChI=1S/C20H24N4O2S/c1-14-7-8-15(23-11-4-6-18(23)25)13-16(14)22-20(26)24-10-3-2-5-17(24)19-21-9-12-27-19/h7-9,12-13,17H,2-6,10-11H2,1H3,(H,22,26)/t17-/m1/s1. The Bertz CT molecular complexity index is 837. The molecule has 6 nitrogen and oxygen atoms in total. The second kappa shape index (κ2) is 7.68. The molecule has 4 rings (SSSR count). The van der Waals surface area contributed by atoms with Crippen LogP contribution in [-0.2, 0) is 4.79 Å². The zero-order valence-electron chi connectivity index (χ0n) is 15.5. The second-order valence-corrected chi connectivity index (χ2v) is 8.08. The number of anilines is 2. The number of carbonyl (C=O) groups excluding carboxylic acids is 2. The molecular weight excluding hydrogens is 360 g/mol. The number of benzene rings is 1. The fraction of sp³-hybridized carbons (Fsp3) is 0.450. The molecule has 0 spiro atoms. The van der Waals surface area contributed by atoms with Gasteiger partial charge in [0, 0.05) is 42.5 Å². The van der Waals surface area contributed by atoms with Crippen LogP contribution >= 0.6 is 11.3 Å². The number of piperidine rings is 1. The molecule has 1 aromatic heterocycles.